The van der Waals surface area contributed by atoms with Crippen LogP contribution in [-0.2, 0) is 11.8 Å². The second-order valence-corrected chi connectivity index (χ2v) is 9.46. The number of hydrogen-bond acceptors (Lipinski definition) is 2. The monoisotopic (exact) mass is 259 g/mol. The second kappa shape index (κ2) is 3.69. The van der Waals surface area contributed by atoms with Crippen LogP contribution >= 0.6 is 6.04 Å². The van der Waals surface area contributed by atoms with Crippen LogP contribution in [0.25, 0.3) is 0 Å². The fourth-order valence-electron chi connectivity index (χ4n) is 2.48. The molecule has 0 unspecified atom stereocenters. The van der Waals surface area contributed by atoms with Crippen LogP contribution in [0.3, 0.4) is 0 Å². The van der Waals surface area contributed by atoms with Gasteiger partial charge in [-0.05, 0) is 18.8 Å². The summed E-state index contributed by atoms with van der Waals surface area (Å²) in [5, 5.41) is 2.66. The molecule has 1 heterocycles. The van der Waals surface area contributed by atoms with Crippen LogP contribution in [0.4, 0.5) is 11.4 Å². The van der Waals surface area contributed by atoms with Crippen molar-refractivity contribution in [3.8, 4) is 0 Å². The molecular formula is C14H14NPS. The van der Waals surface area contributed by atoms with E-state index in [4.69, 9.17) is 11.8 Å². The summed E-state index contributed by atoms with van der Waals surface area (Å²) in [5.74, 6) is 0. The van der Waals surface area contributed by atoms with Gasteiger partial charge >= 0.3 is 0 Å². The van der Waals surface area contributed by atoms with Crippen LogP contribution in [0.1, 0.15) is 0 Å². The Kier molecular flexibility index (Phi) is 2.39. The minimum atomic E-state index is -1.61. The van der Waals surface area contributed by atoms with Gasteiger partial charge in [0, 0.05) is 35.1 Å². The van der Waals surface area contributed by atoms with Crippen molar-refractivity contribution in [2.75, 3.05) is 18.6 Å². The van der Waals surface area contributed by atoms with Gasteiger partial charge in [0.1, 0.15) is 0 Å². The Balaban J connectivity index is 2.38. The van der Waals surface area contributed by atoms with Gasteiger partial charge in [0.2, 0.25) is 0 Å². The van der Waals surface area contributed by atoms with E-state index in [0.717, 1.165) is 0 Å². The second-order valence-electron chi connectivity index (χ2n) is 4.46. The van der Waals surface area contributed by atoms with E-state index in [1.807, 2.05) is 0 Å². The molecule has 0 radical (unpaired) electrons. The lowest BCUT2D eigenvalue weighted by Gasteiger charge is -2.35. The molecule has 2 aromatic rings. The van der Waals surface area contributed by atoms with Crippen LogP contribution in [0.2, 0.25) is 0 Å². The third-order valence-corrected chi connectivity index (χ3v) is 7.18. The van der Waals surface area contributed by atoms with Gasteiger partial charge in [0.15, 0.2) is 0 Å². The summed E-state index contributed by atoms with van der Waals surface area (Å²) in [6.45, 7) is 2.23. The summed E-state index contributed by atoms with van der Waals surface area (Å²) in [6, 6.07) is 15.4. The molecule has 0 saturated carbocycles. The first-order valence-electron chi connectivity index (χ1n) is 5.63. The molecule has 0 saturated heterocycles. The maximum Gasteiger partial charge on any atom is 0.0497 e. The average Bonchev–Trinajstić information content (AvgIpc) is 2.37. The molecule has 1 nitrogen and oxygen atoms in total. The lowest BCUT2D eigenvalue weighted by molar-refractivity contribution is 1.22. The topological polar surface area (TPSA) is 3.24 Å². The Hall–Kier alpha value is -1.11. The van der Waals surface area contributed by atoms with Gasteiger partial charge in [-0.25, -0.2) is 0 Å². The highest BCUT2D eigenvalue weighted by molar-refractivity contribution is 8.21. The number of nitrogens with zero attached hydrogens (tertiary/aromatic N) is 1. The minimum absolute atomic E-state index is 1.26. The molecule has 86 valence electrons. The zero-order valence-electron chi connectivity index (χ0n) is 9.92. The lowest BCUT2D eigenvalue weighted by Crippen LogP contribution is -2.32. The summed E-state index contributed by atoms with van der Waals surface area (Å²) >= 11 is 5.94. The molecule has 1 aliphatic rings. The van der Waals surface area contributed by atoms with Crippen molar-refractivity contribution in [2.45, 2.75) is 0 Å². The summed E-state index contributed by atoms with van der Waals surface area (Å²) in [4.78, 5) is 2.25. The van der Waals surface area contributed by atoms with Gasteiger partial charge in [-0.1, -0.05) is 48.2 Å². The van der Waals surface area contributed by atoms with E-state index >= 15 is 0 Å². The van der Waals surface area contributed by atoms with E-state index in [-0.39, 0.29) is 0 Å². The number of fused-ring (bicyclic) bond motifs is 2. The molecule has 0 bridgehead atoms. The molecule has 17 heavy (non-hydrogen) atoms. The van der Waals surface area contributed by atoms with E-state index < -0.39 is 6.04 Å². The van der Waals surface area contributed by atoms with Gasteiger partial charge in [-0.2, -0.15) is 0 Å². The Morgan fingerprint density at radius 2 is 1.29 bits per heavy atom. The average molecular weight is 259 g/mol. The third kappa shape index (κ3) is 1.48. The van der Waals surface area contributed by atoms with E-state index in [1.54, 1.807) is 0 Å². The van der Waals surface area contributed by atoms with E-state index in [0.29, 0.717) is 0 Å². The molecule has 0 spiro atoms. The molecule has 0 aromatic heterocycles. The van der Waals surface area contributed by atoms with Crippen molar-refractivity contribution < 1.29 is 0 Å². The predicted octanol–water partition coefficient (Wildman–Crippen LogP) is 2.83. The maximum atomic E-state index is 5.94. The fourth-order valence-corrected chi connectivity index (χ4v) is 5.73. The van der Waals surface area contributed by atoms with E-state index in [1.165, 1.54) is 22.0 Å². The number of para-hydroxylation sites is 2. The SMILES string of the molecule is CN1c2ccccc2P(C)(=S)c2ccccc21. The van der Waals surface area contributed by atoms with Crippen LogP contribution in [0.15, 0.2) is 48.5 Å². The summed E-state index contributed by atoms with van der Waals surface area (Å²) in [7, 11) is 2.12. The first-order chi connectivity index (χ1) is 8.12. The predicted molar refractivity (Wildman–Crippen MR) is 80.4 cm³/mol. The van der Waals surface area contributed by atoms with Crippen molar-refractivity contribution in [1.29, 1.82) is 0 Å². The Bertz CT molecular complexity index is 584. The van der Waals surface area contributed by atoms with Gasteiger partial charge in [0.05, 0.1) is 0 Å². The Labute approximate surface area is 107 Å². The number of rotatable bonds is 0. The molecule has 2 aromatic carbocycles. The molecule has 0 fully saturated rings. The lowest BCUT2D eigenvalue weighted by atomic mass is 10.2. The molecule has 0 N–H and O–H groups in total. The minimum Gasteiger partial charge on any atom is -0.344 e. The Morgan fingerprint density at radius 3 is 1.76 bits per heavy atom. The summed E-state index contributed by atoms with van der Waals surface area (Å²) in [6.07, 6.45) is 0. The highest BCUT2D eigenvalue weighted by Gasteiger charge is 2.29. The standard InChI is InChI=1S/C14H14NPS/c1-15-11-7-3-5-9-13(11)16(2,17)14-10-6-4-8-12(14)15/h3-10H,1-2H3. The van der Waals surface area contributed by atoms with Gasteiger partial charge < -0.3 is 4.90 Å². The first-order valence-corrected chi connectivity index (χ1v) is 8.88. The van der Waals surface area contributed by atoms with Crippen molar-refractivity contribution in [1.82, 2.24) is 0 Å². The van der Waals surface area contributed by atoms with Crippen LogP contribution in [-0.4, -0.2) is 13.7 Å². The van der Waals surface area contributed by atoms with Crippen LogP contribution < -0.4 is 15.5 Å². The number of benzene rings is 2. The largest absolute Gasteiger partial charge is 0.344 e. The molecule has 0 amide bonds. The van der Waals surface area contributed by atoms with Gasteiger partial charge in [0.25, 0.3) is 0 Å². The van der Waals surface area contributed by atoms with E-state index in [2.05, 4.69) is 67.1 Å². The molecule has 3 heteroatoms. The maximum absolute atomic E-state index is 5.94. The molecule has 3 rings (SSSR count). The number of hydrogen-bond donors (Lipinski definition) is 0. The smallest absolute Gasteiger partial charge is 0.0497 e. The molecule has 0 atom stereocenters. The first kappa shape index (κ1) is 11.0. The van der Waals surface area contributed by atoms with Crippen molar-refractivity contribution in [3.05, 3.63) is 48.5 Å². The normalized spacial score (nSPS) is 16.2. The molecule has 1 aliphatic heterocycles. The van der Waals surface area contributed by atoms with Gasteiger partial charge in [-0.15, -0.1) is 0 Å². The highest BCUT2D eigenvalue weighted by atomic mass is 32.4. The van der Waals surface area contributed by atoms with Gasteiger partial charge in [-0.3, -0.25) is 0 Å². The van der Waals surface area contributed by atoms with Crippen LogP contribution in [0.5, 0.6) is 0 Å². The Morgan fingerprint density at radius 1 is 0.882 bits per heavy atom. The summed E-state index contributed by atoms with van der Waals surface area (Å²) < 4.78 is 0. The van der Waals surface area contributed by atoms with Crippen molar-refractivity contribution in [3.63, 3.8) is 0 Å². The van der Waals surface area contributed by atoms with Crippen LogP contribution in [0, 0.1) is 0 Å². The third-order valence-electron chi connectivity index (χ3n) is 3.41. The quantitative estimate of drug-likeness (QED) is 0.669. The van der Waals surface area contributed by atoms with E-state index in [9.17, 15) is 0 Å². The highest BCUT2D eigenvalue weighted by Crippen LogP contribution is 2.49. The zero-order chi connectivity index (χ0) is 12.0. The summed E-state index contributed by atoms with van der Waals surface area (Å²) in [5.41, 5.74) is 2.52. The van der Waals surface area contributed by atoms with Crippen molar-refractivity contribution >= 4 is 39.8 Å². The number of anilines is 2. The molecular weight excluding hydrogens is 245 g/mol. The fraction of sp³-hybridized carbons (Fsp3) is 0.143. The zero-order valence-corrected chi connectivity index (χ0v) is 11.6. The molecule has 0 aliphatic carbocycles. The van der Waals surface area contributed by atoms with Crippen molar-refractivity contribution in [2.24, 2.45) is 0 Å².